The normalized spacial score (nSPS) is 18.6. The van der Waals surface area contributed by atoms with Gasteiger partial charge < -0.3 is 14.8 Å². The number of carbonyl (C=O) groups is 1. The van der Waals surface area contributed by atoms with Crippen LogP contribution in [0.15, 0.2) is 24.3 Å². The van der Waals surface area contributed by atoms with E-state index in [9.17, 15) is 4.79 Å². The van der Waals surface area contributed by atoms with Crippen molar-refractivity contribution < 1.29 is 14.3 Å². The molecule has 1 fully saturated rings. The molecule has 1 aliphatic heterocycles. The molecule has 1 N–H and O–H groups in total. The van der Waals surface area contributed by atoms with Crippen molar-refractivity contribution in [3.63, 3.8) is 0 Å². The lowest BCUT2D eigenvalue weighted by Crippen LogP contribution is -2.18. The first-order valence-corrected chi connectivity index (χ1v) is 6.42. The van der Waals surface area contributed by atoms with Crippen LogP contribution in [-0.2, 0) is 9.47 Å². The second kappa shape index (κ2) is 6.40. The molecule has 1 aromatic rings. The summed E-state index contributed by atoms with van der Waals surface area (Å²) in [6.07, 6.45) is 2.58. The zero-order valence-corrected chi connectivity index (χ0v) is 10.6. The third-order valence-electron chi connectivity index (χ3n) is 2.95. The largest absolute Gasteiger partial charge is 0.462 e. The molecule has 0 bridgehead atoms. The van der Waals surface area contributed by atoms with Crippen LogP contribution >= 0.6 is 0 Å². The summed E-state index contributed by atoms with van der Waals surface area (Å²) in [5.74, 6) is -0.275. The van der Waals surface area contributed by atoms with Crippen molar-refractivity contribution >= 4 is 11.7 Å². The van der Waals surface area contributed by atoms with Gasteiger partial charge in [0.1, 0.15) is 0 Å². The average Bonchev–Trinajstić information content (AvgIpc) is 2.90. The number of rotatable bonds is 5. The van der Waals surface area contributed by atoms with E-state index in [-0.39, 0.29) is 5.97 Å². The molecule has 0 spiro atoms. The molecule has 1 aliphatic rings. The van der Waals surface area contributed by atoms with Crippen LogP contribution < -0.4 is 5.32 Å². The standard InChI is InChI=1S/C14H19NO3/c1-2-17-14(16)11-5-7-12(8-6-11)15-10-13-4-3-9-18-13/h5-8,13,15H,2-4,9-10H2,1H3. The Kier molecular flexibility index (Phi) is 4.59. The number of hydrogen-bond acceptors (Lipinski definition) is 4. The maximum Gasteiger partial charge on any atom is 0.338 e. The molecule has 0 radical (unpaired) electrons. The average molecular weight is 249 g/mol. The first kappa shape index (κ1) is 12.9. The van der Waals surface area contributed by atoms with E-state index >= 15 is 0 Å². The van der Waals surface area contributed by atoms with Crippen molar-refractivity contribution in [2.75, 3.05) is 25.1 Å². The quantitative estimate of drug-likeness (QED) is 0.814. The minimum absolute atomic E-state index is 0.275. The fraction of sp³-hybridized carbons (Fsp3) is 0.500. The number of nitrogens with one attached hydrogen (secondary N) is 1. The molecule has 0 aliphatic carbocycles. The van der Waals surface area contributed by atoms with Crippen molar-refractivity contribution in [1.29, 1.82) is 0 Å². The molecule has 1 heterocycles. The molecule has 1 unspecified atom stereocenters. The fourth-order valence-corrected chi connectivity index (χ4v) is 1.98. The Hall–Kier alpha value is -1.55. The number of ether oxygens (including phenoxy) is 2. The lowest BCUT2D eigenvalue weighted by atomic mass is 10.2. The predicted octanol–water partition coefficient (Wildman–Crippen LogP) is 2.45. The van der Waals surface area contributed by atoms with Gasteiger partial charge in [-0.3, -0.25) is 0 Å². The lowest BCUT2D eigenvalue weighted by molar-refractivity contribution is 0.0526. The lowest BCUT2D eigenvalue weighted by Gasteiger charge is -2.12. The molecule has 4 heteroatoms. The molecule has 0 saturated carbocycles. The summed E-state index contributed by atoms with van der Waals surface area (Å²) in [5.41, 5.74) is 1.58. The van der Waals surface area contributed by atoms with Crippen LogP contribution in [0.4, 0.5) is 5.69 Å². The van der Waals surface area contributed by atoms with Crippen LogP contribution in [0.3, 0.4) is 0 Å². The molecule has 1 saturated heterocycles. The van der Waals surface area contributed by atoms with Crippen LogP contribution in [0, 0.1) is 0 Å². The van der Waals surface area contributed by atoms with Crippen molar-refractivity contribution in [1.82, 2.24) is 0 Å². The predicted molar refractivity (Wildman–Crippen MR) is 69.9 cm³/mol. The second-order valence-corrected chi connectivity index (χ2v) is 4.31. The van der Waals surface area contributed by atoms with Crippen LogP contribution in [0.2, 0.25) is 0 Å². The molecule has 1 atom stereocenters. The van der Waals surface area contributed by atoms with Gasteiger partial charge in [0.25, 0.3) is 0 Å². The minimum atomic E-state index is -0.275. The smallest absolute Gasteiger partial charge is 0.338 e. The van der Waals surface area contributed by atoms with E-state index in [1.54, 1.807) is 19.1 Å². The van der Waals surface area contributed by atoms with E-state index in [1.165, 1.54) is 0 Å². The van der Waals surface area contributed by atoms with E-state index in [2.05, 4.69) is 5.32 Å². The van der Waals surface area contributed by atoms with Gasteiger partial charge >= 0.3 is 5.97 Å². The van der Waals surface area contributed by atoms with E-state index in [1.807, 2.05) is 12.1 Å². The Bertz CT molecular complexity index is 383. The zero-order valence-electron chi connectivity index (χ0n) is 10.6. The molecule has 0 aromatic heterocycles. The summed E-state index contributed by atoms with van der Waals surface area (Å²) in [5, 5.41) is 3.31. The third-order valence-corrected chi connectivity index (χ3v) is 2.95. The Morgan fingerprint density at radius 2 is 2.22 bits per heavy atom. The van der Waals surface area contributed by atoms with Crippen molar-refractivity contribution in [3.8, 4) is 0 Å². The Labute approximate surface area is 107 Å². The van der Waals surface area contributed by atoms with E-state index < -0.39 is 0 Å². The fourth-order valence-electron chi connectivity index (χ4n) is 1.98. The minimum Gasteiger partial charge on any atom is -0.462 e. The first-order chi connectivity index (χ1) is 8.79. The first-order valence-electron chi connectivity index (χ1n) is 6.42. The maximum absolute atomic E-state index is 11.5. The number of anilines is 1. The summed E-state index contributed by atoms with van der Waals surface area (Å²) in [6, 6.07) is 7.33. The van der Waals surface area contributed by atoms with Gasteiger partial charge in [0.15, 0.2) is 0 Å². The number of esters is 1. The SMILES string of the molecule is CCOC(=O)c1ccc(NCC2CCCO2)cc1. The zero-order chi connectivity index (χ0) is 12.8. The molecule has 4 nitrogen and oxygen atoms in total. The van der Waals surface area contributed by atoms with Gasteiger partial charge in [-0.25, -0.2) is 4.79 Å². The summed E-state index contributed by atoms with van der Waals surface area (Å²) >= 11 is 0. The molecule has 0 amide bonds. The number of carbonyl (C=O) groups excluding carboxylic acids is 1. The van der Waals surface area contributed by atoms with Crippen molar-refractivity contribution in [2.24, 2.45) is 0 Å². The number of hydrogen-bond donors (Lipinski definition) is 1. The molecular weight excluding hydrogens is 230 g/mol. The Balaban J connectivity index is 1.85. The highest BCUT2D eigenvalue weighted by molar-refractivity contribution is 5.89. The monoisotopic (exact) mass is 249 g/mol. The molecule has 1 aromatic carbocycles. The van der Waals surface area contributed by atoms with Gasteiger partial charge in [-0.1, -0.05) is 0 Å². The summed E-state index contributed by atoms with van der Waals surface area (Å²) < 4.78 is 10.5. The topological polar surface area (TPSA) is 47.6 Å². The maximum atomic E-state index is 11.5. The van der Waals surface area contributed by atoms with Crippen LogP contribution in [0.5, 0.6) is 0 Å². The van der Waals surface area contributed by atoms with Gasteiger partial charge in [0.2, 0.25) is 0 Å². The second-order valence-electron chi connectivity index (χ2n) is 4.31. The summed E-state index contributed by atoms with van der Waals surface area (Å²) in [6.45, 7) is 3.89. The molecule has 98 valence electrons. The Morgan fingerprint density at radius 1 is 1.44 bits per heavy atom. The summed E-state index contributed by atoms with van der Waals surface area (Å²) in [7, 11) is 0. The highest BCUT2D eigenvalue weighted by atomic mass is 16.5. The van der Waals surface area contributed by atoms with Gasteiger partial charge in [-0.05, 0) is 44.0 Å². The summed E-state index contributed by atoms with van der Waals surface area (Å²) in [4.78, 5) is 11.5. The van der Waals surface area contributed by atoms with E-state index in [0.717, 1.165) is 31.7 Å². The van der Waals surface area contributed by atoms with Crippen LogP contribution in [-0.4, -0.2) is 31.8 Å². The number of benzene rings is 1. The van der Waals surface area contributed by atoms with Gasteiger partial charge in [-0.15, -0.1) is 0 Å². The van der Waals surface area contributed by atoms with Crippen molar-refractivity contribution in [3.05, 3.63) is 29.8 Å². The van der Waals surface area contributed by atoms with Crippen LogP contribution in [0.25, 0.3) is 0 Å². The highest BCUT2D eigenvalue weighted by Gasteiger charge is 2.14. The van der Waals surface area contributed by atoms with Gasteiger partial charge in [0.05, 0.1) is 18.3 Å². The Morgan fingerprint density at radius 3 is 2.83 bits per heavy atom. The van der Waals surface area contributed by atoms with Gasteiger partial charge in [0, 0.05) is 18.8 Å². The highest BCUT2D eigenvalue weighted by Crippen LogP contribution is 2.15. The van der Waals surface area contributed by atoms with Crippen LogP contribution in [0.1, 0.15) is 30.1 Å². The van der Waals surface area contributed by atoms with E-state index in [0.29, 0.717) is 18.3 Å². The van der Waals surface area contributed by atoms with Crippen molar-refractivity contribution in [2.45, 2.75) is 25.9 Å². The third kappa shape index (κ3) is 3.47. The molecule has 18 heavy (non-hydrogen) atoms. The molecular formula is C14H19NO3. The van der Waals surface area contributed by atoms with E-state index in [4.69, 9.17) is 9.47 Å². The molecule has 2 rings (SSSR count). The van der Waals surface area contributed by atoms with Gasteiger partial charge in [-0.2, -0.15) is 0 Å².